The molecule has 3 nitrogen and oxygen atoms in total. The Balaban J connectivity index is 1.30. The third kappa shape index (κ3) is 3.86. The molecule has 1 atom stereocenters. The minimum absolute atomic E-state index is 0.0558. The zero-order chi connectivity index (χ0) is 17.2. The van der Waals surface area contributed by atoms with Crippen molar-refractivity contribution in [2.45, 2.75) is 23.1 Å². The number of carbonyl (C=O) groups is 1. The number of nitrogens with zero attached hydrogens (tertiary/aromatic N) is 2. The van der Waals surface area contributed by atoms with Crippen molar-refractivity contribution in [3.63, 3.8) is 0 Å². The fourth-order valence-corrected chi connectivity index (χ4v) is 4.90. The summed E-state index contributed by atoms with van der Waals surface area (Å²) in [6.07, 6.45) is 0.866. The van der Waals surface area contributed by atoms with E-state index in [1.807, 2.05) is 23.1 Å². The van der Waals surface area contributed by atoms with Crippen molar-refractivity contribution in [3.05, 3.63) is 64.7 Å². The molecular formula is C20H21ClN2OS. The molecule has 0 N–H and O–H groups in total. The Hall–Kier alpha value is -1.49. The lowest BCUT2D eigenvalue weighted by atomic mass is 10.1. The lowest BCUT2D eigenvalue weighted by molar-refractivity contribution is -0.132. The van der Waals surface area contributed by atoms with E-state index in [2.05, 4.69) is 35.2 Å². The largest absolute Gasteiger partial charge is 0.339 e. The summed E-state index contributed by atoms with van der Waals surface area (Å²) < 4.78 is 0. The number of benzene rings is 2. The Morgan fingerprint density at radius 3 is 2.48 bits per heavy atom. The SMILES string of the molecule is O=C(C1Cc2ccccc2S1)N1CCN(Cc2ccc(Cl)cc2)CC1. The number of amides is 1. The zero-order valence-corrected chi connectivity index (χ0v) is 15.6. The van der Waals surface area contributed by atoms with Crippen LogP contribution in [-0.2, 0) is 17.8 Å². The molecule has 0 spiro atoms. The number of hydrogen-bond donors (Lipinski definition) is 0. The maximum absolute atomic E-state index is 12.8. The molecular weight excluding hydrogens is 352 g/mol. The van der Waals surface area contributed by atoms with E-state index in [9.17, 15) is 4.79 Å². The summed E-state index contributed by atoms with van der Waals surface area (Å²) in [7, 11) is 0. The third-order valence-electron chi connectivity index (χ3n) is 4.93. The molecule has 0 saturated carbocycles. The van der Waals surface area contributed by atoms with Crippen molar-refractivity contribution in [2.24, 2.45) is 0 Å². The third-order valence-corrected chi connectivity index (χ3v) is 6.48. The molecule has 2 aliphatic heterocycles. The second kappa shape index (κ2) is 7.40. The van der Waals surface area contributed by atoms with Crippen LogP contribution in [0.5, 0.6) is 0 Å². The van der Waals surface area contributed by atoms with Crippen LogP contribution in [0.2, 0.25) is 5.02 Å². The molecule has 1 fully saturated rings. The predicted octanol–water partition coefficient (Wildman–Crippen LogP) is 3.70. The van der Waals surface area contributed by atoms with Crippen molar-refractivity contribution >= 4 is 29.3 Å². The van der Waals surface area contributed by atoms with E-state index in [0.29, 0.717) is 5.91 Å². The van der Waals surface area contributed by atoms with Crippen molar-refractivity contribution in [3.8, 4) is 0 Å². The van der Waals surface area contributed by atoms with Crippen LogP contribution in [0.15, 0.2) is 53.4 Å². The van der Waals surface area contributed by atoms with Gasteiger partial charge in [-0.3, -0.25) is 9.69 Å². The molecule has 0 bridgehead atoms. The molecule has 0 aliphatic carbocycles. The monoisotopic (exact) mass is 372 g/mol. The van der Waals surface area contributed by atoms with Gasteiger partial charge in [0.2, 0.25) is 5.91 Å². The van der Waals surface area contributed by atoms with E-state index in [-0.39, 0.29) is 5.25 Å². The summed E-state index contributed by atoms with van der Waals surface area (Å²) in [4.78, 5) is 18.6. The van der Waals surface area contributed by atoms with Crippen LogP contribution in [0, 0.1) is 0 Å². The lowest BCUT2D eigenvalue weighted by Crippen LogP contribution is -2.50. The van der Waals surface area contributed by atoms with E-state index >= 15 is 0 Å². The van der Waals surface area contributed by atoms with E-state index in [0.717, 1.165) is 44.2 Å². The van der Waals surface area contributed by atoms with Crippen molar-refractivity contribution in [2.75, 3.05) is 26.2 Å². The van der Waals surface area contributed by atoms with Crippen molar-refractivity contribution in [1.29, 1.82) is 0 Å². The molecule has 2 aromatic carbocycles. The molecule has 1 saturated heterocycles. The number of hydrogen-bond acceptors (Lipinski definition) is 3. The Bertz CT molecular complexity index is 732. The Kier molecular flexibility index (Phi) is 5.02. The van der Waals surface area contributed by atoms with Gasteiger partial charge in [-0.05, 0) is 35.7 Å². The maximum atomic E-state index is 12.8. The van der Waals surface area contributed by atoms with E-state index in [4.69, 9.17) is 11.6 Å². The molecule has 25 heavy (non-hydrogen) atoms. The van der Waals surface area contributed by atoms with Gasteiger partial charge in [-0.2, -0.15) is 0 Å². The highest BCUT2D eigenvalue weighted by Crippen LogP contribution is 2.37. The summed E-state index contributed by atoms with van der Waals surface area (Å²) in [5, 5.41) is 0.828. The van der Waals surface area contributed by atoms with Gasteiger partial charge in [0, 0.05) is 42.6 Å². The molecule has 4 rings (SSSR count). The van der Waals surface area contributed by atoms with Gasteiger partial charge in [0.05, 0.1) is 5.25 Å². The van der Waals surface area contributed by atoms with Gasteiger partial charge < -0.3 is 4.90 Å². The second-order valence-electron chi connectivity index (χ2n) is 6.65. The summed E-state index contributed by atoms with van der Waals surface area (Å²) >= 11 is 7.67. The second-order valence-corrected chi connectivity index (χ2v) is 8.33. The molecule has 0 radical (unpaired) electrons. The van der Waals surface area contributed by atoms with Crippen molar-refractivity contribution in [1.82, 2.24) is 9.80 Å². The fourth-order valence-electron chi connectivity index (χ4n) is 3.50. The lowest BCUT2D eigenvalue weighted by Gasteiger charge is -2.35. The standard InChI is InChI=1S/C20H21ClN2OS/c21-17-7-5-15(6-8-17)14-22-9-11-23(12-10-22)20(24)19-13-16-3-1-2-4-18(16)25-19/h1-8,19H,9-14H2. The fraction of sp³-hybridized carbons (Fsp3) is 0.350. The van der Waals surface area contributed by atoms with Gasteiger partial charge in [-0.1, -0.05) is 41.9 Å². The van der Waals surface area contributed by atoms with E-state index in [1.54, 1.807) is 11.8 Å². The number of thioether (sulfide) groups is 1. The Morgan fingerprint density at radius 2 is 1.76 bits per heavy atom. The minimum Gasteiger partial charge on any atom is -0.339 e. The van der Waals surface area contributed by atoms with E-state index < -0.39 is 0 Å². The normalized spacial score (nSPS) is 20.5. The molecule has 2 heterocycles. The quantitative estimate of drug-likeness (QED) is 0.820. The average molecular weight is 373 g/mol. The highest BCUT2D eigenvalue weighted by atomic mass is 35.5. The summed E-state index contributed by atoms with van der Waals surface area (Å²) in [6.45, 7) is 4.42. The summed E-state index contributed by atoms with van der Waals surface area (Å²) in [6, 6.07) is 16.4. The summed E-state index contributed by atoms with van der Waals surface area (Å²) in [5.74, 6) is 0.298. The number of fused-ring (bicyclic) bond motifs is 1. The Labute approximate surface area is 158 Å². The molecule has 5 heteroatoms. The molecule has 130 valence electrons. The van der Waals surface area contributed by atoms with Gasteiger partial charge in [0.25, 0.3) is 0 Å². The van der Waals surface area contributed by atoms with Gasteiger partial charge in [-0.25, -0.2) is 0 Å². The van der Waals surface area contributed by atoms with Crippen LogP contribution in [0.4, 0.5) is 0 Å². The first-order valence-corrected chi connectivity index (χ1v) is 9.95. The zero-order valence-electron chi connectivity index (χ0n) is 14.0. The minimum atomic E-state index is 0.0558. The highest BCUT2D eigenvalue weighted by molar-refractivity contribution is 8.01. The smallest absolute Gasteiger partial charge is 0.236 e. The highest BCUT2D eigenvalue weighted by Gasteiger charge is 2.32. The van der Waals surface area contributed by atoms with Crippen LogP contribution in [0.25, 0.3) is 0 Å². The molecule has 1 unspecified atom stereocenters. The molecule has 0 aromatic heterocycles. The van der Waals surface area contributed by atoms with Crippen LogP contribution in [0.1, 0.15) is 11.1 Å². The van der Waals surface area contributed by atoms with E-state index in [1.165, 1.54) is 16.0 Å². The van der Waals surface area contributed by atoms with Crippen LogP contribution in [-0.4, -0.2) is 47.1 Å². The van der Waals surface area contributed by atoms with Gasteiger partial charge >= 0.3 is 0 Å². The van der Waals surface area contributed by atoms with Gasteiger partial charge in [0.15, 0.2) is 0 Å². The molecule has 2 aliphatic rings. The van der Waals surface area contributed by atoms with Crippen LogP contribution in [0.3, 0.4) is 0 Å². The number of carbonyl (C=O) groups excluding carboxylic acids is 1. The van der Waals surface area contributed by atoms with Crippen LogP contribution < -0.4 is 0 Å². The first-order valence-electron chi connectivity index (χ1n) is 8.69. The van der Waals surface area contributed by atoms with Gasteiger partial charge in [-0.15, -0.1) is 11.8 Å². The maximum Gasteiger partial charge on any atom is 0.236 e. The van der Waals surface area contributed by atoms with Crippen LogP contribution >= 0.6 is 23.4 Å². The van der Waals surface area contributed by atoms with Gasteiger partial charge in [0.1, 0.15) is 0 Å². The predicted molar refractivity (Wildman–Crippen MR) is 103 cm³/mol. The number of rotatable bonds is 3. The van der Waals surface area contributed by atoms with Crippen molar-refractivity contribution < 1.29 is 4.79 Å². The molecule has 1 amide bonds. The number of halogens is 1. The first-order chi connectivity index (χ1) is 12.2. The Morgan fingerprint density at radius 1 is 1.04 bits per heavy atom. The molecule has 2 aromatic rings. The topological polar surface area (TPSA) is 23.6 Å². The first kappa shape index (κ1) is 17.0. The summed E-state index contributed by atoms with van der Waals surface area (Å²) in [5.41, 5.74) is 2.58. The average Bonchev–Trinajstić information content (AvgIpc) is 3.08. The number of piperazine rings is 1.